The average molecular weight is 675 g/mol. The zero-order chi connectivity index (χ0) is 33.7. The smallest absolute Gasteiger partial charge is 0.211 e. The van der Waals surface area contributed by atoms with Crippen LogP contribution in [0.5, 0.6) is 11.5 Å². The molecule has 4 saturated heterocycles. The number of ether oxygens (including phenoxy) is 9. The van der Waals surface area contributed by atoms with Crippen LogP contribution in [-0.2, 0) is 33.2 Å². The van der Waals surface area contributed by atoms with E-state index in [1.54, 1.807) is 31.4 Å². The van der Waals surface area contributed by atoms with Crippen molar-refractivity contribution in [3.8, 4) is 11.5 Å². The number of azide groups is 2. The van der Waals surface area contributed by atoms with Crippen molar-refractivity contribution in [2.75, 3.05) is 20.3 Å². The fraction of sp³-hybridized carbons (Fsp3) is 0.455. The van der Waals surface area contributed by atoms with E-state index in [1.807, 2.05) is 60.7 Å². The summed E-state index contributed by atoms with van der Waals surface area (Å²) in [6, 6.07) is 22.9. The van der Waals surface area contributed by atoms with Gasteiger partial charge in [0, 0.05) is 21.0 Å². The maximum atomic E-state index is 11.5. The Hall–Kier alpha value is -4.44. The molecule has 16 heteroatoms. The van der Waals surface area contributed by atoms with E-state index in [2.05, 4.69) is 20.1 Å². The zero-order valence-corrected chi connectivity index (χ0v) is 26.2. The monoisotopic (exact) mass is 674 g/mol. The lowest BCUT2D eigenvalue weighted by Gasteiger charge is -2.51. The van der Waals surface area contributed by atoms with Crippen LogP contribution >= 0.6 is 0 Å². The lowest BCUT2D eigenvalue weighted by molar-refractivity contribution is -0.376. The van der Waals surface area contributed by atoms with Crippen LogP contribution < -0.4 is 9.47 Å². The number of aliphatic hydroxyl groups excluding tert-OH is 1. The quantitative estimate of drug-likeness (QED) is 0.186. The molecule has 49 heavy (non-hydrogen) atoms. The lowest BCUT2D eigenvalue weighted by atomic mass is 9.94. The highest BCUT2D eigenvalue weighted by atomic mass is 16.8. The first-order chi connectivity index (χ1) is 24.1. The van der Waals surface area contributed by atoms with Crippen LogP contribution in [0.15, 0.2) is 95.2 Å². The minimum Gasteiger partial charge on any atom is -0.497 e. The van der Waals surface area contributed by atoms with Gasteiger partial charge in [-0.3, -0.25) is 0 Å². The Kier molecular flexibility index (Phi) is 10.1. The maximum absolute atomic E-state index is 11.5. The molecule has 0 spiro atoms. The first-order valence-corrected chi connectivity index (χ1v) is 15.7. The van der Waals surface area contributed by atoms with Crippen LogP contribution in [0, 0.1) is 0 Å². The second kappa shape index (κ2) is 15.0. The van der Waals surface area contributed by atoms with Crippen molar-refractivity contribution < 1.29 is 47.7 Å². The molecule has 0 amide bonds. The summed E-state index contributed by atoms with van der Waals surface area (Å²) in [6.45, 7) is 0.129. The predicted molar refractivity (Wildman–Crippen MR) is 168 cm³/mol. The maximum Gasteiger partial charge on any atom is 0.211 e. The van der Waals surface area contributed by atoms with Crippen molar-refractivity contribution in [3.63, 3.8) is 0 Å². The van der Waals surface area contributed by atoms with Gasteiger partial charge in [-0.1, -0.05) is 70.9 Å². The highest BCUT2D eigenvalue weighted by molar-refractivity contribution is 5.31. The van der Waals surface area contributed by atoms with Crippen molar-refractivity contribution >= 4 is 0 Å². The van der Waals surface area contributed by atoms with E-state index in [9.17, 15) is 16.2 Å². The molecular weight excluding hydrogens is 640 g/mol. The zero-order valence-electron chi connectivity index (χ0n) is 26.2. The molecule has 7 rings (SSSR count). The summed E-state index contributed by atoms with van der Waals surface area (Å²) < 4.78 is 55.1. The second-order valence-electron chi connectivity index (χ2n) is 11.7. The largest absolute Gasteiger partial charge is 0.497 e. The van der Waals surface area contributed by atoms with Crippen LogP contribution in [0.1, 0.15) is 23.7 Å². The Labute approximate surface area is 280 Å². The summed E-state index contributed by atoms with van der Waals surface area (Å²) in [6.07, 6.45) is -9.83. The first-order valence-electron chi connectivity index (χ1n) is 15.7. The molecule has 0 aliphatic carbocycles. The van der Waals surface area contributed by atoms with Gasteiger partial charge in [0.1, 0.15) is 54.1 Å². The molecule has 2 unspecified atom stereocenters. The number of fused-ring (bicyclic) bond motifs is 2. The topological polar surface area (TPSA) is 201 Å². The van der Waals surface area contributed by atoms with Gasteiger partial charge in [-0.05, 0) is 35.3 Å². The van der Waals surface area contributed by atoms with Crippen molar-refractivity contribution in [2.24, 2.45) is 10.2 Å². The third-order valence-electron chi connectivity index (χ3n) is 8.76. The molecule has 256 valence electrons. The number of methoxy groups -OCH3 is 1. The third kappa shape index (κ3) is 7.02. The summed E-state index contributed by atoms with van der Waals surface area (Å²) in [5.41, 5.74) is 20.7. The van der Waals surface area contributed by atoms with E-state index in [-0.39, 0.29) is 13.2 Å². The summed E-state index contributed by atoms with van der Waals surface area (Å²) in [4.78, 5) is 6.04. The molecule has 4 fully saturated rings. The van der Waals surface area contributed by atoms with E-state index in [4.69, 9.17) is 42.6 Å². The molecule has 0 bridgehead atoms. The van der Waals surface area contributed by atoms with Gasteiger partial charge in [0.15, 0.2) is 18.9 Å². The predicted octanol–water partition coefficient (Wildman–Crippen LogP) is 4.86. The van der Waals surface area contributed by atoms with Crippen molar-refractivity contribution in [2.45, 2.75) is 73.9 Å². The molecule has 12 atom stereocenters. The SMILES string of the molecule is COc1ccc(O[C@H]2O[C@@H]3COC(c4ccccc4)O[C@@H]3[C@H](O[C@H]3O[C@@H]4COC(c5ccccc5)O[C@@H]4[C@H](O)[C@H]3N=[N+]=[N-])[C@H]2N=[N+]=[N-])cc1. The molecule has 4 aliphatic rings. The molecule has 0 radical (unpaired) electrons. The van der Waals surface area contributed by atoms with E-state index in [0.717, 1.165) is 11.1 Å². The van der Waals surface area contributed by atoms with Crippen molar-refractivity contribution in [1.82, 2.24) is 0 Å². The fourth-order valence-corrected chi connectivity index (χ4v) is 6.37. The van der Waals surface area contributed by atoms with Gasteiger partial charge < -0.3 is 47.7 Å². The van der Waals surface area contributed by atoms with E-state index < -0.39 is 73.9 Å². The molecule has 3 aromatic carbocycles. The Morgan fingerprint density at radius 3 is 1.80 bits per heavy atom. The Morgan fingerprint density at radius 2 is 1.20 bits per heavy atom. The lowest BCUT2D eigenvalue weighted by Crippen LogP contribution is -2.66. The van der Waals surface area contributed by atoms with Gasteiger partial charge in [0.25, 0.3) is 0 Å². The first kappa shape index (κ1) is 33.1. The number of aliphatic hydroxyl groups is 1. The van der Waals surface area contributed by atoms with Crippen LogP contribution in [0.25, 0.3) is 20.9 Å². The number of hydrogen-bond donors (Lipinski definition) is 1. The fourth-order valence-electron chi connectivity index (χ4n) is 6.37. The number of hydrogen-bond acceptors (Lipinski definition) is 12. The third-order valence-corrected chi connectivity index (χ3v) is 8.76. The van der Waals surface area contributed by atoms with Crippen LogP contribution in [-0.4, -0.2) is 86.7 Å². The van der Waals surface area contributed by atoms with Gasteiger partial charge in [-0.15, -0.1) is 0 Å². The van der Waals surface area contributed by atoms with Crippen LogP contribution in [0.3, 0.4) is 0 Å². The van der Waals surface area contributed by atoms with Gasteiger partial charge in [0.05, 0.1) is 26.4 Å². The molecule has 0 aromatic heterocycles. The number of rotatable bonds is 9. The number of benzene rings is 3. The molecule has 3 aromatic rings. The summed E-state index contributed by atoms with van der Waals surface area (Å²) in [5.74, 6) is 1.02. The van der Waals surface area contributed by atoms with Gasteiger partial charge in [-0.25, -0.2) is 0 Å². The van der Waals surface area contributed by atoms with Gasteiger partial charge >= 0.3 is 0 Å². The average Bonchev–Trinajstić information content (AvgIpc) is 3.15. The Balaban J connectivity index is 1.18. The summed E-state index contributed by atoms with van der Waals surface area (Å²) >= 11 is 0. The summed E-state index contributed by atoms with van der Waals surface area (Å²) in [7, 11) is 1.55. The van der Waals surface area contributed by atoms with Gasteiger partial charge in [0.2, 0.25) is 6.29 Å². The molecule has 4 heterocycles. The van der Waals surface area contributed by atoms with Crippen LogP contribution in [0.4, 0.5) is 0 Å². The van der Waals surface area contributed by atoms with E-state index in [1.165, 1.54) is 0 Å². The molecule has 1 N–H and O–H groups in total. The molecule has 0 saturated carbocycles. The second-order valence-corrected chi connectivity index (χ2v) is 11.7. The van der Waals surface area contributed by atoms with Crippen LogP contribution in [0.2, 0.25) is 0 Å². The van der Waals surface area contributed by atoms with E-state index >= 15 is 0 Å². The highest BCUT2D eigenvalue weighted by Gasteiger charge is 2.56. The van der Waals surface area contributed by atoms with Crippen molar-refractivity contribution in [3.05, 3.63) is 117 Å². The normalized spacial score (nSPS) is 35.4. The van der Waals surface area contributed by atoms with E-state index in [0.29, 0.717) is 11.5 Å². The minimum absolute atomic E-state index is 0.0490. The van der Waals surface area contributed by atoms with Gasteiger partial charge in [-0.2, -0.15) is 0 Å². The molecule has 16 nitrogen and oxygen atoms in total. The highest BCUT2D eigenvalue weighted by Crippen LogP contribution is 2.41. The minimum atomic E-state index is -1.35. The number of nitrogens with zero attached hydrogens (tertiary/aromatic N) is 6. The molecular formula is C33H34N6O10. The van der Waals surface area contributed by atoms with Crippen molar-refractivity contribution in [1.29, 1.82) is 0 Å². The Bertz CT molecular complexity index is 1640. The molecule has 4 aliphatic heterocycles. The summed E-state index contributed by atoms with van der Waals surface area (Å²) in [5, 5.41) is 19.4. The standard InChI is InChI=1S/C33H34N6O10/c1-41-20-12-14-21(15-13-20)44-33-25(37-39-35)29(28-23(46-33)17-43-31(48-28)19-10-6-3-7-11-19)49-32-24(36-38-34)26(40)27-22(45-32)16-42-30(47-27)18-8-4-2-5-9-18/h2-15,22-33,40H,16-17H2,1H3/t22-,23-,24-,25-,26-,27+,28+,29-,30?,31?,32-,33+/m1/s1. The Morgan fingerprint density at radius 1 is 0.673 bits per heavy atom.